The first-order valence-corrected chi connectivity index (χ1v) is 28.2. The van der Waals surface area contributed by atoms with Crippen LogP contribution < -0.4 is 0 Å². The summed E-state index contributed by atoms with van der Waals surface area (Å²) >= 11 is 0. The monoisotopic (exact) mass is 1230 g/mol. The third-order valence-electron chi connectivity index (χ3n) is 12.8. The van der Waals surface area contributed by atoms with Gasteiger partial charge in [-0.15, -0.1) is 0 Å². The van der Waals surface area contributed by atoms with Gasteiger partial charge in [-0.2, -0.15) is 0 Å². The Kier molecular flexibility index (Phi) is 35.9. The Balaban J connectivity index is 0.000000495. The number of benzene rings is 10. The van der Waals surface area contributed by atoms with Crippen LogP contribution in [0.5, 0.6) is 0 Å². The molecule has 474 valence electrons. The summed E-state index contributed by atoms with van der Waals surface area (Å²) in [5.41, 5.74) is 17.5. The molecule has 0 bridgehead atoms. The standard InChI is InChI=1S/C10H14.2C9H12.C7H5F3.3C7H6F2.3C7H7F/c1-7-5-8(2)10(4)9(3)6-7;1-7-4-8(2)6-9(3)5-7;1-7-4-5-8(2)9(3)6-7;1-4-6(9)2-5(8)3-7(4)10;1-5-2-6(8)4-7(9)3-5;1-5-2-3-6(8)4-7(5)9;1-5-6(8)3-2-4-7(5)9;1-6-2-4-7(8)5-3-6;1-6-3-2-4-7(8)5-6;1-6-4-2-3-5-7(6)8/h5-6H,1-4H3;2*4-6H,1-3H3;2-3H,1H3;3*2-4H,1H3;3*2-5H,1H3. The highest BCUT2D eigenvalue weighted by molar-refractivity contribution is 5.36. The lowest BCUT2D eigenvalue weighted by molar-refractivity contribution is 0.532. The van der Waals surface area contributed by atoms with Crippen molar-refractivity contribution in [3.8, 4) is 0 Å². The number of hydrogen-bond donors (Lipinski definition) is 0. The van der Waals surface area contributed by atoms with Crippen molar-refractivity contribution in [2.45, 2.75) is 118 Å². The van der Waals surface area contributed by atoms with E-state index in [9.17, 15) is 52.7 Å². The topological polar surface area (TPSA) is 0 Å². The van der Waals surface area contributed by atoms with Crippen LogP contribution in [0.2, 0.25) is 0 Å². The van der Waals surface area contributed by atoms with E-state index >= 15 is 0 Å². The lowest BCUT2D eigenvalue weighted by atomic mass is 10.0. The second-order valence-corrected chi connectivity index (χ2v) is 21.3. The summed E-state index contributed by atoms with van der Waals surface area (Å²) < 4.78 is 147. The summed E-state index contributed by atoms with van der Waals surface area (Å²) in [4.78, 5) is 0. The largest absolute Gasteiger partial charge is 0.207 e. The second kappa shape index (κ2) is 40.7. The van der Waals surface area contributed by atoms with Crippen LogP contribution in [-0.4, -0.2) is 0 Å². The molecule has 0 amide bonds. The van der Waals surface area contributed by atoms with Gasteiger partial charge in [0.1, 0.15) is 69.8 Å². The molecule has 0 nitrogen and oxygen atoms in total. The van der Waals surface area contributed by atoms with E-state index < -0.39 is 52.4 Å². The zero-order valence-corrected chi connectivity index (χ0v) is 53.9. The van der Waals surface area contributed by atoms with Crippen molar-refractivity contribution in [1.82, 2.24) is 0 Å². The van der Waals surface area contributed by atoms with Crippen molar-refractivity contribution in [1.29, 1.82) is 0 Å². The molecule has 10 aromatic rings. The minimum absolute atomic E-state index is 0.0810. The van der Waals surface area contributed by atoms with Gasteiger partial charge < -0.3 is 0 Å². The Hall–Kier alpha value is -8.64. The lowest BCUT2D eigenvalue weighted by Gasteiger charge is -2.04. The fourth-order valence-electron chi connectivity index (χ4n) is 7.49. The van der Waals surface area contributed by atoms with Crippen molar-refractivity contribution in [2.24, 2.45) is 0 Å². The molecule has 0 saturated heterocycles. The molecule has 0 aromatic heterocycles. The van der Waals surface area contributed by atoms with Gasteiger partial charge in [-0.3, -0.25) is 0 Å². The van der Waals surface area contributed by atoms with E-state index in [4.69, 9.17) is 0 Å². The number of rotatable bonds is 0. The molecule has 0 unspecified atom stereocenters. The lowest BCUT2D eigenvalue weighted by Crippen LogP contribution is -1.89. The van der Waals surface area contributed by atoms with Crippen molar-refractivity contribution in [2.75, 3.05) is 0 Å². The predicted molar refractivity (Wildman–Crippen MR) is 344 cm³/mol. The van der Waals surface area contributed by atoms with Crippen LogP contribution >= 0.6 is 0 Å². The van der Waals surface area contributed by atoms with Crippen molar-refractivity contribution in [3.05, 3.63) is 352 Å². The SMILES string of the molecule is Cc1c(F)cc(F)cc1F.Cc1c(F)cccc1F.Cc1cc(C)c(C)c(C)c1.Cc1cc(C)cc(C)c1.Cc1cc(F)cc(F)c1.Cc1ccc(C)c(C)c1.Cc1ccc(F)cc1.Cc1ccc(F)cc1F.Cc1cccc(F)c1.Cc1ccccc1F. The smallest absolute Gasteiger partial charge is 0.131 e. The molecule has 0 aliphatic heterocycles. The van der Waals surface area contributed by atoms with E-state index in [1.54, 1.807) is 51.1 Å². The highest BCUT2D eigenvalue weighted by Crippen LogP contribution is 2.16. The maximum atomic E-state index is 12.4. The minimum Gasteiger partial charge on any atom is -0.207 e. The van der Waals surface area contributed by atoms with Crippen molar-refractivity contribution in [3.63, 3.8) is 0 Å². The molecule has 0 aliphatic rings. The van der Waals surface area contributed by atoms with Gasteiger partial charge in [-0.05, 0) is 228 Å². The molecular formula is C77H82F12. The van der Waals surface area contributed by atoms with Gasteiger partial charge in [-0.1, -0.05) is 137 Å². The fourth-order valence-corrected chi connectivity index (χ4v) is 7.49. The normalized spacial score (nSPS) is 9.63. The molecule has 89 heavy (non-hydrogen) atoms. The van der Waals surface area contributed by atoms with E-state index in [0.717, 1.165) is 23.3 Å². The van der Waals surface area contributed by atoms with Crippen LogP contribution in [0.25, 0.3) is 0 Å². The molecule has 0 radical (unpaired) electrons. The molecule has 0 saturated carbocycles. The maximum absolute atomic E-state index is 12.4. The highest BCUT2D eigenvalue weighted by Gasteiger charge is 2.06. The van der Waals surface area contributed by atoms with Crippen LogP contribution in [0.4, 0.5) is 52.7 Å². The van der Waals surface area contributed by atoms with E-state index in [0.29, 0.717) is 28.8 Å². The van der Waals surface area contributed by atoms with Crippen LogP contribution in [0, 0.1) is 188 Å². The first-order chi connectivity index (χ1) is 41.6. The quantitative estimate of drug-likeness (QED) is 0.133. The zero-order valence-electron chi connectivity index (χ0n) is 53.9. The summed E-state index contributed by atoms with van der Waals surface area (Å²) in [6.45, 7) is 32.8. The van der Waals surface area contributed by atoms with Crippen LogP contribution in [0.15, 0.2) is 188 Å². The molecule has 0 spiro atoms. The fraction of sp³-hybridized carbons (Fsp3) is 0.221. The Morgan fingerprint density at radius 3 is 0.865 bits per heavy atom. The Morgan fingerprint density at radius 1 is 0.157 bits per heavy atom. The molecule has 0 atom stereocenters. The van der Waals surface area contributed by atoms with E-state index in [1.165, 1.54) is 142 Å². The number of halogens is 12. The van der Waals surface area contributed by atoms with Crippen LogP contribution in [-0.2, 0) is 0 Å². The third-order valence-corrected chi connectivity index (χ3v) is 12.8. The van der Waals surface area contributed by atoms with Gasteiger partial charge >= 0.3 is 0 Å². The van der Waals surface area contributed by atoms with E-state index in [-0.39, 0.29) is 28.6 Å². The van der Waals surface area contributed by atoms with Crippen LogP contribution in [0.1, 0.15) is 94.6 Å². The zero-order chi connectivity index (χ0) is 67.7. The van der Waals surface area contributed by atoms with Gasteiger partial charge in [0.15, 0.2) is 0 Å². The summed E-state index contributed by atoms with van der Waals surface area (Å²) in [5.74, 6) is -6.10. The van der Waals surface area contributed by atoms with Gasteiger partial charge in [-0.25, -0.2) is 52.7 Å². The minimum atomic E-state index is -0.888. The molecule has 12 heteroatoms. The van der Waals surface area contributed by atoms with Gasteiger partial charge in [0.05, 0.1) is 0 Å². The summed E-state index contributed by atoms with van der Waals surface area (Å²) in [6.07, 6.45) is 0. The average Bonchev–Trinajstić information content (AvgIpc) is 3.64. The molecule has 0 fully saturated rings. The summed E-state index contributed by atoms with van der Waals surface area (Å²) in [6, 6.07) is 49.2. The van der Waals surface area contributed by atoms with Gasteiger partial charge in [0, 0.05) is 35.4 Å². The van der Waals surface area contributed by atoms with E-state index in [2.05, 4.69) is 118 Å². The molecule has 0 N–H and O–H groups in total. The Morgan fingerprint density at radius 2 is 0.494 bits per heavy atom. The van der Waals surface area contributed by atoms with Gasteiger partial charge in [0.2, 0.25) is 0 Å². The Labute approximate surface area is 520 Å². The number of aryl methyl sites for hydroxylation is 14. The Bertz CT molecular complexity index is 3350. The molecule has 0 heterocycles. The molecule has 10 rings (SSSR count). The van der Waals surface area contributed by atoms with Crippen molar-refractivity contribution < 1.29 is 52.7 Å². The first kappa shape index (κ1) is 78.4. The summed E-state index contributed by atoms with van der Waals surface area (Å²) in [5, 5.41) is 0. The average molecular weight is 1240 g/mol. The van der Waals surface area contributed by atoms with Gasteiger partial charge in [0.25, 0.3) is 0 Å². The molecule has 10 aromatic carbocycles. The third kappa shape index (κ3) is 33.9. The van der Waals surface area contributed by atoms with E-state index in [1.807, 2.05) is 26.0 Å². The maximum Gasteiger partial charge on any atom is 0.131 e. The number of hydrogen-bond acceptors (Lipinski definition) is 0. The highest BCUT2D eigenvalue weighted by atomic mass is 19.2. The van der Waals surface area contributed by atoms with Crippen molar-refractivity contribution >= 4 is 0 Å². The van der Waals surface area contributed by atoms with Crippen LogP contribution in [0.3, 0.4) is 0 Å². The first-order valence-electron chi connectivity index (χ1n) is 28.2. The summed E-state index contributed by atoms with van der Waals surface area (Å²) in [7, 11) is 0. The second-order valence-electron chi connectivity index (χ2n) is 21.3. The predicted octanol–water partition coefficient (Wildman–Crippen LogP) is 23.8. The molecular weight excluding hydrogens is 1150 g/mol. The molecule has 0 aliphatic carbocycles.